The van der Waals surface area contributed by atoms with Crippen molar-refractivity contribution in [2.75, 3.05) is 19.7 Å². The van der Waals surface area contributed by atoms with E-state index in [1.165, 1.54) is 0 Å². The quantitative estimate of drug-likeness (QED) is 0.346. The van der Waals surface area contributed by atoms with E-state index >= 15 is 0 Å². The van der Waals surface area contributed by atoms with E-state index in [-0.39, 0.29) is 17.9 Å². The number of ether oxygens (including phenoxy) is 1. The maximum absolute atomic E-state index is 13.3. The van der Waals surface area contributed by atoms with Crippen LogP contribution in [0.2, 0.25) is 0 Å². The van der Waals surface area contributed by atoms with Crippen LogP contribution in [0.15, 0.2) is 71.1 Å². The number of amides is 1. The molecule has 37 heavy (non-hydrogen) atoms. The van der Waals surface area contributed by atoms with Gasteiger partial charge in [-0.1, -0.05) is 48.5 Å². The minimum absolute atomic E-state index is 0.0723. The fourth-order valence-corrected chi connectivity index (χ4v) is 4.97. The molecule has 1 aliphatic heterocycles. The van der Waals surface area contributed by atoms with Crippen molar-refractivity contribution < 1.29 is 18.7 Å². The highest BCUT2D eigenvalue weighted by Gasteiger charge is 2.27. The second-order valence-electron chi connectivity index (χ2n) is 9.35. The topological polar surface area (TPSA) is 84.7 Å². The number of aryl methyl sites for hydroxylation is 1. The van der Waals surface area contributed by atoms with Gasteiger partial charge in [0, 0.05) is 36.6 Å². The van der Waals surface area contributed by atoms with Gasteiger partial charge in [0.2, 0.25) is 0 Å². The number of para-hydroxylation sites is 1. The second-order valence-corrected chi connectivity index (χ2v) is 9.35. The molecule has 0 unspecified atom stereocenters. The van der Waals surface area contributed by atoms with Gasteiger partial charge in [0.1, 0.15) is 5.76 Å². The van der Waals surface area contributed by atoms with Gasteiger partial charge in [-0.2, -0.15) is 0 Å². The molecular weight excluding hydrogens is 466 g/mol. The van der Waals surface area contributed by atoms with Gasteiger partial charge in [-0.3, -0.25) is 14.7 Å². The van der Waals surface area contributed by atoms with Crippen molar-refractivity contribution in [1.29, 1.82) is 0 Å². The number of furan rings is 1. The van der Waals surface area contributed by atoms with Crippen LogP contribution in [0.5, 0.6) is 0 Å². The van der Waals surface area contributed by atoms with E-state index in [4.69, 9.17) is 14.1 Å². The summed E-state index contributed by atoms with van der Waals surface area (Å²) in [7, 11) is 0. The molecule has 7 nitrogen and oxygen atoms in total. The predicted molar refractivity (Wildman–Crippen MR) is 142 cm³/mol. The third-order valence-electron chi connectivity index (χ3n) is 6.77. The number of benzene rings is 2. The number of aromatic nitrogens is 1. The number of nitrogens with zero attached hydrogens (tertiary/aromatic N) is 2. The van der Waals surface area contributed by atoms with E-state index < -0.39 is 0 Å². The number of esters is 1. The molecule has 1 aliphatic rings. The van der Waals surface area contributed by atoms with Crippen LogP contribution in [-0.2, 0) is 11.3 Å². The number of nitrogens with one attached hydrogen (secondary N) is 1. The van der Waals surface area contributed by atoms with Crippen molar-refractivity contribution >= 4 is 22.8 Å². The molecule has 0 bridgehead atoms. The van der Waals surface area contributed by atoms with Crippen LogP contribution in [0, 0.1) is 6.92 Å². The fourth-order valence-electron chi connectivity index (χ4n) is 4.97. The monoisotopic (exact) mass is 497 g/mol. The van der Waals surface area contributed by atoms with Gasteiger partial charge in [0.05, 0.1) is 23.4 Å². The molecule has 190 valence electrons. The fraction of sp³-hybridized carbons (Fsp3) is 0.300. The smallest absolute Gasteiger partial charge is 0.340 e. The Morgan fingerprint density at radius 1 is 1.03 bits per heavy atom. The van der Waals surface area contributed by atoms with Gasteiger partial charge in [-0.05, 0) is 50.5 Å². The SMILES string of the molecule is CCOC(=O)c1c(CN2CCC(NC(=O)c3ccc(C)o3)CC2)nc2ccccc2c1-c1ccccc1. The zero-order valence-corrected chi connectivity index (χ0v) is 21.2. The van der Waals surface area contributed by atoms with Crippen LogP contribution < -0.4 is 5.32 Å². The number of rotatable bonds is 7. The average Bonchev–Trinajstić information content (AvgIpc) is 3.36. The first kappa shape index (κ1) is 24.7. The zero-order valence-electron chi connectivity index (χ0n) is 21.2. The lowest BCUT2D eigenvalue weighted by molar-refractivity contribution is 0.0523. The number of fused-ring (bicyclic) bond motifs is 1. The molecule has 0 radical (unpaired) electrons. The molecule has 2 aromatic carbocycles. The highest BCUT2D eigenvalue weighted by atomic mass is 16.5. The maximum Gasteiger partial charge on any atom is 0.340 e. The molecule has 0 atom stereocenters. The Balaban J connectivity index is 1.41. The molecular formula is C30H31N3O4. The van der Waals surface area contributed by atoms with Crippen molar-refractivity contribution in [3.8, 4) is 11.1 Å². The Hall–Kier alpha value is -3.97. The molecule has 1 fully saturated rings. The van der Waals surface area contributed by atoms with Crippen molar-refractivity contribution in [1.82, 2.24) is 15.2 Å². The highest BCUT2D eigenvalue weighted by Crippen LogP contribution is 2.34. The van der Waals surface area contributed by atoms with E-state index in [2.05, 4.69) is 10.2 Å². The van der Waals surface area contributed by atoms with E-state index in [0.29, 0.717) is 30.2 Å². The lowest BCUT2D eigenvalue weighted by Crippen LogP contribution is -2.44. The molecule has 0 saturated carbocycles. The first-order valence-corrected chi connectivity index (χ1v) is 12.8. The summed E-state index contributed by atoms with van der Waals surface area (Å²) in [6.45, 7) is 6.01. The number of likely N-dealkylation sites (tertiary alicyclic amines) is 1. The van der Waals surface area contributed by atoms with E-state index in [9.17, 15) is 9.59 Å². The molecule has 1 N–H and O–H groups in total. The number of hydrogen-bond acceptors (Lipinski definition) is 6. The molecule has 2 aromatic heterocycles. The van der Waals surface area contributed by atoms with E-state index in [1.807, 2.05) is 68.4 Å². The lowest BCUT2D eigenvalue weighted by Gasteiger charge is -2.32. The summed E-state index contributed by atoms with van der Waals surface area (Å²) >= 11 is 0. The van der Waals surface area contributed by atoms with Crippen LogP contribution in [0.4, 0.5) is 0 Å². The van der Waals surface area contributed by atoms with Crippen molar-refractivity contribution in [2.24, 2.45) is 0 Å². The van der Waals surface area contributed by atoms with E-state index in [1.54, 1.807) is 12.1 Å². The third-order valence-corrected chi connectivity index (χ3v) is 6.77. The maximum atomic E-state index is 13.3. The summed E-state index contributed by atoms with van der Waals surface area (Å²) in [5, 5.41) is 4.01. The largest absolute Gasteiger partial charge is 0.462 e. The number of carbonyl (C=O) groups excluding carboxylic acids is 2. The van der Waals surface area contributed by atoms with Gasteiger partial charge < -0.3 is 14.5 Å². The Labute approximate surface area is 216 Å². The van der Waals surface area contributed by atoms with Crippen LogP contribution in [0.3, 0.4) is 0 Å². The molecule has 7 heteroatoms. The van der Waals surface area contributed by atoms with Crippen LogP contribution in [0.1, 0.15) is 52.1 Å². The number of hydrogen-bond donors (Lipinski definition) is 1. The first-order valence-electron chi connectivity index (χ1n) is 12.8. The highest BCUT2D eigenvalue weighted by molar-refractivity contribution is 6.07. The Bertz CT molecular complexity index is 1410. The zero-order chi connectivity index (χ0) is 25.8. The summed E-state index contributed by atoms with van der Waals surface area (Å²) in [5.41, 5.74) is 3.90. The van der Waals surface area contributed by atoms with E-state index in [0.717, 1.165) is 53.7 Å². The van der Waals surface area contributed by atoms with Gasteiger partial charge in [-0.25, -0.2) is 4.79 Å². The van der Waals surface area contributed by atoms with Crippen molar-refractivity contribution in [3.05, 3.63) is 89.5 Å². The summed E-state index contributed by atoms with van der Waals surface area (Å²) in [5.74, 6) is 0.522. The second kappa shape index (κ2) is 11.0. The minimum atomic E-state index is -0.356. The normalized spacial score (nSPS) is 14.5. The van der Waals surface area contributed by atoms with Crippen molar-refractivity contribution in [3.63, 3.8) is 0 Å². The summed E-state index contributed by atoms with van der Waals surface area (Å²) in [6, 6.07) is 21.4. The Kier molecular flexibility index (Phi) is 7.32. The Morgan fingerprint density at radius 3 is 2.46 bits per heavy atom. The van der Waals surface area contributed by atoms with Gasteiger partial charge in [0.25, 0.3) is 5.91 Å². The molecule has 0 spiro atoms. The summed E-state index contributed by atoms with van der Waals surface area (Å²) in [4.78, 5) is 33.0. The van der Waals surface area contributed by atoms with Gasteiger partial charge in [-0.15, -0.1) is 0 Å². The van der Waals surface area contributed by atoms with Gasteiger partial charge >= 0.3 is 5.97 Å². The molecule has 4 aromatic rings. The molecule has 3 heterocycles. The minimum Gasteiger partial charge on any atom is -0.462 e. The first-order chi connectivity index (χ1) is 18.0. The number of carbonyl (C=O) groups is 2. The molecule has 1 saturated heterocycles. The van der Waals surface area contributed by atoms with Crippen LogP contribution >= 0.6 is 0 Å². The molecule has 0 aliphatic carbocycles. The summed E-state index contributed by atoms with van der Waals surface area (Å²) < 4.78 is 11.0. The standard InChI is InChI=1S/C30H31N3O4/c1-3-36-30(35)28-25(32-24-12-8-7-11-23(24)27(28)21-9-5-4-6-10-21)19-33-17-15-22(16-18-33)31-29(34)26-14-13-20(2)37-26/h4-14,22H,3,15-19H2,1-2H3,(H,31,34). The van der Waals surface area contributed by atoms with Crippen molar-refractivity contribution in [2.45, 2.75) is 39.3 Å². The lowest BCUT2D eigenvalue weighted by atomic mass is 9.93. The predicted octanol–water partition coefficient (Wildman–Crippen LogP) is 5.37. The van der Waals surface area contributed by atoms with Gasteiger partial charge in [0.15, 0.2) is 5.76 Å². The summed E-state index contributed by atoms with van der Waals surface area (Å²) in [6.07, 6.45) is 1.61. The number of piperidine rings is 1. The van der Waals surface area contributed by atoms with Crippen LogP contribution in [0.25, 0.3) is 22.0 Å². The average molecular weight is 498 g/mol. The van der Waals surface area contributed by atoms with Crippen LogP contribution in [-0.4, -0.2) is 47.5 Å². The number of pyridine rings is 1. The molecule has 1 amide bonds. The molecule has 5 rings (SSSR count). The Morgan fingerprint density at radius 2 is 1.76 bits per heavy atom. The third kappa shape index (κ3) is 5.42.